The van der Waals surface area contributed by atoms with Crippen molar-refractivity contribution in [3.8, 4) is 0 Å². The van der Waals surface area contributed by atoms with Crippen molar-refractivity contribution >= 4 is 26.9 Å². The molecule has 0 bridgehead atoms. The molecule has 152 valence electrons. The van der Waals surface area contributed by atoms with Crippen LogP contribution in [0.4, 0.5) is 8.78 Å². The second-order valence-corrected chi connectivity index (χ2v) is 9.33. The molecule has 4 rings (SSSR count). The Morgan fingerprint density at radius 3 is 2.62 bits per heavy atom. The molecule has 0 spiro atoms. The second-order valence-electron chi connectivity index (χ2n) is 7.28. The third kappa shape index (κ3) is 2.78. The van der Waals surface area contributed by atoms with Crippen LogP contribution in [0.15, 0.2) is 42.6 Å². The fraction of sp³-hybridized carbons (Fsp3) is 0.263. The molecule has 29 heavy (non-hydrogen) atoms. The highest BCUT2D eigenvalue weighted by molar-refractivity contribution is 7.90. The van der Waals surface area contributed by atoms with Crippen molar-refractivity contribution in [2.45, 2.75) is 17.7 Å². The Morgan fingerprint density at radius 1 is 1.17 bits per heavy atom. The first-order valence-corrected chi connectivity index (χ1v) is 10.3. The Kier molecular flexibility index (Phi) is 4.16. The Bertz CT molecular complexity index is 1260. The third-order valence-electron chi connectivity index (χ3n) is 5.46. The maximum absolute atomic E-state index is 14.7. The van der Waals surface area contributed by atoms with Crippen molar-refractivity contribution in [1.29, 1.82) is 5.41 Å². The number of aromatic nitrogens is 2. The summed E-state index contributed by atoms with van der Waals surface area (Å²) in [4.78, 5) is 0. The Hall–Kier alpha value is -3.01. The number of nitrogens with zero attached hydrogens (tertiary/aromatic N) is 3. The summed E-state index contributed by atoms with van der Waals surface area (Å²) in [5, 5.41) is 14.4. The summed E-state index contributed by atoms with van der Waals surface area (Å²) < 4.78 is 57.9. The molecule has 0 amide bonds. The van der Waals surface area contributed by atoms with Crippen LogP contribution in [-0.4, -0.2) is 35.5 Å². The molecule has 1 aliphatic rings. The van der Waals surface area contributed by atoms with Gasteiger partial charge in [0.25, 0.3) is 0 Å². The van der Waals surface area contributed by atoms with Gasteiger partial charge in [-0.05, 0) is 42.8 Å². The third-order valence-corrected chi connectivity index (χ3v) is 7.74. The number of rotatable bonds is 2. The van der Waals surface area contributed by atoms with Crippen LogP contribution in [-0.2, 0) is 22.6 Å². The van der Waals surface area contributed by atoms with E-state index in [1.165, 1.54) is 14.0 Å². The van der Waals surface area contributed by atoms with E-state index in [2.05, 4.69) is 10.4 Å². The Balaban J connectivity index is 2.01. The molecule has 1 saturated heterocycles. The number of hydrogen-bond acceptors (Lipinski definition) is 4. The number of hydrogen-bond donors (Lipinski definition) is 2. The van der Waals surface area contributed by atoms with Gasteiger partial charge in [-0.2, -0.15) is 5.10 Å². The highest BCUT2D eigenvalue weighted by Crippen LogP contribution is 2.46. The zero-order chi connectivity index (χ0) is 21.1. The monoisotopic (exact) mass is 419 g/mol. The van der Waals surface area contributed by atoms with Crippen molar-refractivity contribution in [3.05, 3.63) is 65.4 Å². The standard InChI is InChI=1S/C19H19F2N5O2S/c1-19(14-9-13(20)5-6-15(14)21)17(29(27,28)26(3)18(22)24-19)11-4-7-16-12(8-11)10-23-25(16)2/h4-10,17H,1-3H3,(H2,22,24)/t17-,19-/m1/s1. The molecule has 7 nitrogen and oxygen atoms in total. The van der Waals surface area contributed by atoms with Crippen LogP contribution in [0, 0.1) is 17.0 Å². The molecule has 2 aromatic carbocycles. The predicted molar refractivity (Wildman–Crippen MR) is 105 cm³/mol. The first-order valence-electron chi connectivity index (χ1n) is 8.77. The number of sulfonamides is 1. The molecule has 2 N–H and O–H groups in total. The molecular weight excluding hydrogens is 400 g/mol. The Labute approximate surface area is 166 Å². The summed E-state index contributed by atoms with van der Waals surface area (Å²) in [6, 6.07) is 7.92. The van der Waals surface area contributed by atoms with E-state index in [-0.39, 0.29) is 5.56 Å². The largest absolute Gasteiger partial charge is 0.345 e. The molecule has 2 heterocycles. The van der Waals surface area contributed by atoms with Gasteiger partial charge in [-0.1, -0.05) is 6.07 Å². The predicted octanol–water partition coefficient (Wildman–Crippen LogP) is 2.61. The molecule has 0 unspecified atom stereocenters. The molecule has 1 aromatic heterocycles. The maximum atomic E-state index is 14.7. The minimum Gasteiger partial charge on any atom is -0.345 e. The second kappa shape index (κ2) is 6.24. The van der Waals surface area contributed by atoms with E-state index in [9.17, 15) is 17.2 Å². The van der Waals surface area contributed by atoms with Gasteiger partial charge in [-0.15, -0.1) is 0 Å². The summed E-state index contributed by atoms with van der Waals surface area (Å²) >= 11 is 0. The van der Waals surface area contributed by atoms with Gasteiger partial charge < -0.3 is 5.32 Å². The average molecular weight is 419 g/mol. The number of benzene rings is 2. The molecule has 1 fully saturated rings. The molecule has 0 saturated carbocycles. The zero-order valence-corrected chi connectivity index (χ0v) is 16.8. The number of aryl methyl sites for hydroxylation is 1. The van der Waals surface area contributed by atoms with Crippen molar-refractivity contribution in [2.75, 3.05) is 7.05 Å². The van der Waals surface area contributed by atoms with E-state index in [0.717, 1.165) is 28.0 Å². The van der Waals surface area contributed by atoms with E-state index in [1.807, 2.05) is 0 Å². The van der Waals surface area contributed by atoms with Gasteiger partial charge in [0.05, 0.1) is 17.3 Å². The van der Waals surface area contributed by atoms with Gasteiger partial charge in [0.15, 0.2) is 0 Å². The van der Waals surface area contributed by atoms with Crippen molar-refractivity contribution < 1.29 is 17.2 Å². The summed E-state index contributed by atoms with van der Waals surface area (Å²) in [6.45, 7) is 1.46. The van der Waals surface area contributed by atoms with Crippen molar-refractivity contribution in [3.63, 3.8) is 0 Å². The van der Waals surface area contributed by atoms with Gasteiger partial charge in [0, 0.05) is 25.0 Å². The quantitative estimate of drug-likeness (QED) is 0.668. The fourth-order valence-electron chi connectivity index (χ4n) is 3.93. The van der Waals surface area contributed by atoms with Gasteiger partial charge in [0.1, 0.15) is 16.9 Å². The van der Waals surface area contributed by atoms with Gasteiger partial charge in [0.2, 0.25) is 16.0 Å². The number of fused-ring (bicyclic) bond motifs is 1. The van der Waals surface area contributed by atoms with E-state index in [4.69, 9.17) is 5.41 Å². The highest BCUT2D eigenvalue weighted by Gasteiger charge is 2.53. The summed E-state index contributed by atoms with van der Waals surface area (Å²) in [7, 11) is -1.10. The van der Waals surface area contributed by atoms with Crippen LogP contribution in [0.5, 0.6) is 0 Å². The summed E-state index contributed by atoms with van der Waals surface area (Å²) in [5.74, 6) is -1.88. The van der Waals surface area contributed by atoms with Crippen LogP contribution in [0.25, 0.3) is 10.9 Å². The van der Waals surface area contributed by atoms with Gasteiger partial charge in [-0.3, -0.25) is 10.1 Å². The first kappa shape index (κ1) is 19.3. The molecule has 10 heteroatoms. The number of guanidine groups is 1. The Morgan fingerprint density at radius 2 is 1.90 bits per heavy atom. The lowest BCUT2D eigenvalue weighted by Gasteiger charge is -2.46. The van der Waals surface area contributed by atoms with Crippen molar-refractivity contribution in [2.24, 2.45) is 7.05 Å². The molecule has 1 aliphatic heterocycles. The molecule has 3 aromatic rings. The summed E-state index contributed by atoms with van der Waals surface area (Å²) in [6.07, 6.45) is 1.60. The van der Waals surface area contributed by atoms with Crippen molar-refractivity contribution in [1.82, 2.24) is 19.4 Å². The smallest absolute Gasteiger partial charge is 0.246 e. The van der Waals surface area contributed by atoms with Gasteiger partial charge in [-0.25, -0.2) is 21.5 Å². The average Bonchev–Trinajstić information content (AvgIpc) is 3.02. The van der Waals surface area contributed by atoms with Gasteiger partial charge >= 0.3 is 0 Å². The molecule has 0 aliphatic carbocycles. The van der Waals surface area contributed by atoms with Crippen LogP contribution in [0.1, 0.15) is 23.3 Å². The van der Waals surface area contributed by atoms with Crippen LogP contribution >= 0.6 is 0 Å². The van der Waals surface area contributed by atoms with Crippen LogP contribution < -0.4 is 5.32 Å². The number of halogens is 2. The lowest BCUT2D eigenvalue weighted by molar-refractivity contribution is 0.343. The highest BCUT2D eigenvalue weighted by atomic mass is 32.2. The van der Waals surface area contributed by atoms with Crippen LogP contribution in [0.2, 0.25) is 0 Å². The molecule has 0 radical (unpaired) electrons. The van der Waals surface area contributed by atoms with E-state index in [1.54, 1.807) is 36.1 Å². The first-order chi connectivity index (χ1) is 13.6. The summed E-state index contributed by atoms with van der Waals surface area (Å²) in [5.41, 5.74) is -0.613. The lowest BCUT2D eigenvalue weighted by Crippen LogP contribution is -2.62. The van der Waals surface area contributed by atoms with Crippen LogP contribution in [0.3, 0.4) is 0 Å². The minimum absolute atomic E-state index is 0.171. The van der Waals surface area contributed by atoms with E-state index < -0.39 is 38.4 Å². The van der Waals surface area contributed by atoms with E-state index >= 15 is 0 Å². The zero-order valence-electron chi connectivity index (χ0n) is 15.9. The van der Waals surface area contributed by atoms with E-state index in [0.29, 0.717) is 10.9 Å². The number of nitrogens with one attached hydrogen (secondary N) is 2. The minimum atomic E-state index is -4.12. The molecular formula is C19H19F2N5O2S. The SMILES string of the molecule is CN1C(=N)N[C@](C)(c2cc(F)ccc2F)[C@@H](c2ccc3c(cnn3C)c2)S1(=O)=O. The fourth-order valence-corrected chi connectivity index (χ4v) is 5.82. The normalized spacial score (nSPS) is 24.0. The topological polar surface area (TPSA) is 91.1 Å². The maximum Gasteiger partial charge on any atom is 0.246 e. The molecule has 2 atom stereocenters. The lowest BCUT2D eigenvalue weighted by atomic mass is 9.84.